The van der Waals surface area contributed by atoms with Gasteiger partial charge in [0.15, 0.2) is 0 Å². The van der Waals surface area contributed by atoms with Crippen molar-refractivity contribution in [2.75, 3.05) is 26.1 Å². The van der Waals surface area contributed by atoms with Crippen LogP contribution in [-0.4, -0.2) is 37.6 Å². The molecule has 2 aromatic carbocycles. The van der Waals surface area contributed by atoms with Gasteiger partial charge in [0.05, 0.1) is 25.4 Å². The van der Waals surface area contributed by atoms with E-state index in [4.69, 9.17) is 21.1 Å². The molecule has 2 rings (SSSR count). The predicted molar refractivity (Wildman–Crippen MR) is 105 cm³/mol. The molecule has 0 unspecified atom stereocenters. The number of hydrogen-bond donors (Lipinski definition) is 1. The molecule has 1 amide bonds. The molecule has 140 valence electrons. The molecule has 0 saturated carbocycles. The molecule has 1 atom stereocenters. The number of benzene rings is 2. The molecule has 0 aliphatic heterocycles. The summed E-state index contributed by atoms with van der Waals surface area (Å²) in [5.74, 6) is 1.29. The lowest BCUT2D eigenvalue weighted by atomic mass is 10.1. The van der Waals surface area contributed by atoms with E-state index in [1.54, 1.807) is 25.3 Å². The minimum absolute atomic E-state index is 0.126. The number of carbonyl (C=O) groups excluding carboxylic acids is 1. The summed E-state index contributed by atoms with van der Waals surface area (Å²) in [5.41, 5.74) is 1.67. The van der Waals surface area contributed by atoms with Gasteiger partial charge in [-0.1, -0.05) is 23.7 Å². The van der Waals surface area contributed by atoms with Crippen molar-refractivity contribution in [1.82, 2.24) is 4.90 Å². The second-order valence-corrected chi connectivity index (χ2v) is 6.44. The van der Waals surface area contributed by atoms with Gasteiger partial charge < -0.3 is 14.8 Å². The highest BCUT2D eigenvalue weighted by Gasteiger charge is 2.19. The number of halogens is 1. The van der Waals surface area contributed by atoms with E-state index < -0.39 is 0 Å². The molecule has 6 heteroatoms. The number of nitrogens with zero attached hydrogens (tertiary/aromatic N) is 1. The van der Waals surface area contributed by atoms with Crippen LogP contribution in [0.15, 0.2) is 42.5 Å². The highest BCUT2D eigenvalue weighted by atomic mass is 35.5. The second-order valence-electron chi connectivity index (χ2n) is 6.00. The van der Waals surface area contributed by atoms with E-state index >= 15 is 0 Å². The van der Waals surface area contributed by atoms with Gasteiger partial charge >= 0.3 is 0 Å². The molecule has 2 aromatic rings. The van der Waals surface area contributed by atoms with Crippen molar-refractivity contribution in [3.8, 4) is 11.5 Å². The minimum Gasteiger partial charge on any atom is -0.495 e. The van der Waals surface area contributed by atoms with Crippen molar-refractivity contribution in [3.05, 3.63) is 53.1 Å². The van der Waals surface area contributed by atoms with Crippen molar-refractivity contribution >= 4 is 23.2 Å². The smallest absolute Gasteiger partial charge is 0.241 e. The Bertz CT molecular complexity index is 734. The van der Waals surface area contributed by atoms with E-state index in [9.17, 15) is 4.79 Å². The number of likely N-dealkylation sites (N-methyl/N-ethyl adjacent to an activating group) is 1. The Balaban J connectivity index is 1.99. The lowest BCUT2D eigenvalue weighted by Gasteiger charge is -2.24. The standard InChI is InChI=1S/C20H25ClN2O3/c1-5-26-17-9-6-15(7-10-17)13-23(3)14(2)20(24)22-18-12-16(21)8-11-19(18)25-4/h6-12,14H,5,13H2,1-4H3,(H,22,24)/t14-/m0/s1. The van der Waals surface area contributed by atoms with Crippen LogP contribution in [0.25, 0.3) is 0 Å². The Morgan fingerprint density at radius 2 is 1.92 bits per heavy atom. The van der Waals surface area contributed by atoms with Gasteiger partial charge in [-0.25, -0.2) is 0 Å². The van der Waals surface area contributed by atoms with Crippen LogP contribution in [0.2, 0.25) is 5.02 Å². The third-order valence-electron chi connectivity index (χ3n) is 4.13. The summed E-state index contributed by atoms with van der Waals surface area (Å²) in [6.45, 7) is 5.11. The van der Waals surface area contributed by atoms with Gasteiger partial charge in [0.25, 0.3) is 0 Å². The molecule has 0 spiro atoms. The average molecular weight is 377 g/mol. The van der Waals surface area contributed by atoms with Crippen LogP contribution in [-0.2, 0) is 11.3 Å². The first-order chi connectivity index (χ1) is 12.4. The number of methoxy groups -OCH3 is 1. The Kier molecular flexibility index (Phi) is 7.30. The largest absolute Gasteiger partial charge is 0.495 e. The van der Waals surface area contributed by atoms with Crippen molar-refractivity contribution in [3.63, 3.8) is 0 Å². The fourth-order valence-electron chi connectivity index (χ4n) is 2.50. The van der Waals surface area contributed by atoms with Crippen LogP contribution < -0.4 is 14.8 Å². The van der Waals surface area contributed by atoms with Crippen molar-refractivity contribution < 1.29 is 14.3 Å². The second kappa shape index (κ2) is 9.46. The van der Waals surface area contributed by atoms with Crippen LogP contribution in [0.5, 0.6) is 11.5 Å². The van der Waals surface area contributed by atoms with Gasteiger partial charge in [0.2, 0.25) is 5.91 Å². The lowest BCUT2D eigenvalue weighted by Crippen LogP contribution is -2.39. The van der Waals surface area contributed by atoms with E-state index in [-0.39, 0.29) is 11.9 Å². The predicted octanol–water partition coefficient (Wildman–Crippen LogP) is 4.21. The van der Waals surface area contributed by atoms with E-state index in [0.717, 1.165) is 11.3 Å². The number of anilines is 1. The summed E-state index contributed by atoms with van der Waals surface area (Å²) in [6.07, 6.45) is 0. The molecular weight excluding hydrogens is 352 g/mol. The number of nitrogens with one attached hydrogen (secondary N) is 1. The molecule has 0 bridgehead atoms. The monoisotopic (exact) mass is 376 g/mol. The Hall–Kier alpha value is -2.24. The Morgan fingerprint density at radius 3 is 2.54 bits per heavy atom. The zero-order valence-electron chi connectivity index (χ0n) is 15.6. The highest BCUT2D eigenvalue weighted by Crippen LogP contribution is 2.28. The van der Waals surface area contributed by atoms with Crippen molar-refractivity contribution in [2.45, 2.75) is 26.4 Å². The van der Waals surface area contributed by atoms with Crippen LogP contribution in [0.3, 0.4) is 0 Å². The third kappa shape index (κ3) is 5.38. The van der Waals surface area contributed by atoms with E-state index in [0.29, 0.717) is 29.6 Å². The lowest BCUT2D eigenvalue weighted by molar-refractivity contribution is -0.120. The summed E-state index contributed by atoms with van der Waals surface area (Å²) in [6, 6.07) is 12.7. The Morgan fingerprint density at radius 1 is 1.23 bits per heavy atom. The molecule has 26 heavy (non-hydrogen) atoms. The van der Waals surface area contributed by atoms with Crippen LogP contribution in [0, 0.1) is 0 Å². The molecule has 0 heterocycles. The van der Waals surface area contributed by atoms with Crippen molar-refractivity contribution in [2.24, 2.45) is 0 Å². The molecule has 0 aliphatic rings. The fraction of sp³-hybridized carbons (Fsp3) is 0.350. The molecule has 0 aliphatic carbocycles. The normalized spacial score (nSPS) is 11.9. The van der Waals surface area contributed by atoms with Gasteiger partial charge in [-0.3, -0.25) is 9.69 Å². The summed E-state index contributed by atoms with van der Waals surface area (Å²) in [7, 11) is 3.47. The van der Waals surface area contributed by atoms with Gasteiger partial charge in [-0.15, -0.1) is 0 Å². The summed E-state index contributed by atoms with van der Waals surface area (Å²) in [5, 5.41) is 3.42. The zero-order chi connectivity index (χ0) is 19.1. The summed E-state index contributed by atoms with van der Waals surface area (Å²) >= 11 is 6.01. The minimum atomic E-state index is -0.328. The van der Waals surface area contributed by atoms with Crippen LogP contribution in [0.1, 0.15) is 19.4 Å². The van der Waals surface area contributed by atoms with Crippen molar-refractivity contribution in [1.29, 1.82) is 0 Å². The average Bonchev–Trinajstić information content (AvgIpc) is 2.63. The van der Waals surface area contributed by atoms with Crippen LogP contribution >= 0.6 is 11.6 Å². The topological polar surface area (TPSA) is 50.8 Å². The fourth-order valence-corrected chi connectivity index (χ4v) is 2.67. The first-order valence-corrected chi connectivity index (χ1v) is 8.88. The molecule has 5 nitrogen and oxygen atoms in total. The Labute approximate surface area is 159 Å². The molecule has 1 N–H and O–H groups in total. The summed E-state index contributed by atoms with van der Waals surface area (Å²) in [4.78, 5) is 14.6. The first kappa shape index (κ1) is 20.1. The maximum Gasteiger partial charge on any atom is 0.241 e. The number of carbonyl (C=O) groups is 1. The zero-order valence-corrected chi connectivity index (χ0v) is 16.3. The van der Waals surface area contributed by atoms with Gasteiger partial charge in [0.1, 0.15) is 11.5 Å². The number of ether oxygens (including phenoxy) is 2. The maximum absolute atomic E-state index is 12.6. The molecule has 0 aromatic heterocycles. The molecule has 0 saturated heterocycles. The SMILES string of the molecule is CCOc1ccc(CN(C)[C@@H](C)C(=O)Nc2cc(Cl)ccc2OC)cc1. The molecular formula is C20H25ClN2O3. The van der Waals surface area contributed by atoms with Gasteiger partial charge in [-0.2, -0.15) is 0 Å². The first-order valence-electron chi connectivity index (χ1n) is 8.51. The van der Waals surface area contributed by atoms with E-state index in [1.165, 1.54) is 0 Å². The number of hydrogen-bond acceptors (Lipinski definition) is 4. The third-order valence-corrected chi connectivity index (χ3v) is 4.36. The molecule has 0 fully saturated rings. The maximum atomic E-state index is 12.6. The molecule has 0 radical (unpaired) electrons. The highest BCUT2D eigenvalue weighted by molar-refractivity contribution is 6.31. The quantitative estimate of drug-likeness (QED) is 0.749. The van der Waals surface area contributed by atoms with E-state index in [1.807, 2.05) is 50.1 Å². The van der Waals surface area contributed by atoms with Crippen LogP contribution in [0.4, 0.5) is 5.69 Å². The number of rotatable bonds is 8. The summed E-state index contributed by atoms with van der Waals surface area (Å²) < 4.78 is 10.7. The van der Waals surface area contributed by atoms with E-state index in [2.05, 4.69) is 5.32 Å². The number of amides is 1. The van der Waals surface area contributed by atoms with Gasteiger partial charge in [0, 0.05) is 11.6 Å². The van der Waals surface area contributed by atoms with Gasteiger partial charge in [-0.05, 0) is 56.8 Å².